The zero-order valence-electron chi connectivity index (χ0n) is 14.8. The normalized spacial score (nSPS) is 16.5. The number of piperazine rings is 1. The molecule has 0 aromatic heterocycles. The van der Waals surface area contributed by atoms with Crippen LogP contribution in [0, 0.1) is 0 Å². The van der Waals surface area contributed by atoms with Gasteiger partial charge in [0, 0.05) is 26.2 Å². The van der Waals surface area contributed by atoms with Gasteiger partial charge in [0.2, 0.25) is 0 Å². The fourth-order valence-electron chi connectivity index (χ4n) is 3.06. The summed E-state index contributed by atoms with van der Waals surface area (Å²) >= 11 is 0. The smallest absolute Gasteiger partial charge is 0.336 e. The van der Waals surface area contributed by atoms with Crippen LogP contribution in [0.1, 0.15) is 35.2 Å². The summed E-state index contributed by atoms with van der Waals surface area (Å²) in [5.41, 5.74) is -1.25. The van der Waals surface area contributed by atoms with Crippen molar-refractivity contribution in [2.75, 3.05) is 38.5 Å². The molecule has 0 aliphatic carbocycles. The second kappa shape index (κ2) is 9.03. The van der Waals surface area contributed by atoms with E-state index >= 15 is 0 Å². The van der Waals surface area contributed by atoms with Crippen LogP contribution in [-0.2, 0) is 16.3 Å². The average molecular weight is 408 g/mol. The fraction of sp³-hybridized carbons (Fsp3) is 0.588. The van der Waals surface area contributed by atoms with Gasteiger partial charge in [0.25, 0.3) is 16.0 Å². The van der Waals surface area contributed by atoms with Crippen LogP contribution in [-0.4, -0.2) is 67.2 Å². The SMILES string of the molecule is O=C(c1ccccc1C(F)(F)F)N1CCN(CCCCCS(=O)(=O)O)CC1. The lowest BCUT2D eigenvalue weighted by atomic mass is 10.1. The minimum absolute atomic E-state index is 0.256. The third-order valence-electron chi connectivity index (χ3n) is 4.50. The van der Waals surface area contributed by atoms with Crippen molar-refractivity contribution in [2.45, 2.75) is 25.4 Å². The first kappa shape index (κ1) is 21.6. The van der Waals surface area contributed by atoms with E-state index in [2.05, 4.69) is 4.90 Å². The highest BCUT2D eigenvalue weighted by Gasteiger charge is 2.36. The Labute approximate surface area is 156 Å². The number of amides is 1. The van der Waals surface area contributed by atoms with E-state index in [1.54, 1.807) is 0 Å². The lowest BCUT2D eigenvalue weighted by Gasteiger charge is -2.35. The standard InChI is InChI=1S/C17H23F3N2O4S/c18-17(19,20)15-7-3-2-6-14(15)16(23)22-11-9-21(10-12-22)8-4-1-5-13-27(24,25)26/h2-3,6-7H,1,4-5,8-13H2,(H,24,25,26). The lowest BCUT2D eigenvalue weighted by Crippen LogP contribution is -2.49. The van der Waals surface area contributed by atoms with Crippen LogP contribution in [0.25, 0.3) is 0 Å². The van der Waals surface area contributed by atoms with E-state index in [1.807, 2.05) is 0 Å². The number of alkyl halides is 3. The molecule has 1 heterocycles. The summed E-state index contributed by atoms with van der Waals surface area (Å²) < 4.78 is 69.2. The number of carbonyl (C=O) groups excluding carboxylic acids is 1. The molecule has 10 heteroatoms. The summed E-state index contributed by atoms with van der Waals surface area (Å²) in [7, 11) is -3.92. The molecule has 0 atom stereocenters. The zero-order chi connectivity index (χ0) is 20.1. The highest BCUT2D eigenvalue weighted by Crippen LogP contribution is 2.32. The first-order valence-electron chi connectivity index (χ1n) is 8.71. The van der Waals surface area contributed by atoms with Gasteiger partial charge in [-0.2, -0.15) is 21.6 Å². The molecule has 0 bridgehead atoms. The van der Waals surface area contributed by atoms with Crippen molar-refractivity contribution in [3.8, 4) is 0 Å². The summed E-state index contributed by atoms with van der Waals surface area (Å²) in [4.78, 5) is 16.0. The molecule has 1 aliphatic rings. The molecule has 0 saturated carbocycles. The Bertz CT molecular complexity index is 745. The van der Waals surface area contributed by atoms with Crippen molar-refractivity contribution in [3.05, 3.63) is 35.4 Å². The molecule has 2 rings (SSSR count). The molecule has 6 nitrogen and oxygen atoms in total. The number of hydrogen-bond donors (Lipinski definition) is 1. The van der Waals surface area contributed by atoms with Crippen molar-refractivity contribution in [1.82, 2.24) is 9.80 Å². The highest BCUT2D eigenvalue weighted by molar-refractivity contribution is 7.85. The van der Waals surface area contributed by atoms with Crippen molar-refractivity contribution in [2.24, 2.45) is 0 Å². The quantitative estimate of drug-likeness (QED) is 0.554. The van der Waals surface area contributed by atoms with E-state index < -0.39 is 27.8 Å². The lowest BCUT2D eigenvalue weighted by molar-refractivity contribution is -0.138. The maximum Gasteiger partial charge on any atom is 0.417 e. The molecule has 0 radical (unpaired) electrons. The summed E-state index contributed by atoms with van der Waals surface area (Å²) in [6.45, 7) is 2.51. The third-order valence-corrected chi connectivity index (χ3v) is 5.30. The first-order chi connectivity index (χ1) is 12.6. The molecule has 1 amide bonds. The Hall–Kier alpha value is -1.65. The largest absolute Gasteiger partial charge is 0.417 e. The van der Waals surface area contributed by atoms with Gasteiger partial charge in [-0.15, -0.1) is 0 Å². The summed E-state index contributed by atoms with van der Waals surface area (Å²) in [6, 6.07) is 4.80. The highest BCUT2D eigenvalue weighted by atomic mass is 32.2. The Morgan fingerprint density at radius 1 is 1.04 bits per heavy atom. The van der Waals surface area contributed by atoms with E-state index in [-0.39, 0.29) is 11.3 Å². The van der Waals surface area contributed by atoms with Gasteiger partial charge < -0.3 is 4.90 Å². The molecule has 152 valence electrons. The molecule has 0 unspecified atom stereocenters. The second-order valence-electron chi connectivity index (χ2n) is 6.52. The molecule has 1 aliphatic heterocycles. The van der Waals surface area contributed by atoms with Crippen LogP contribution in [0.4, 0.5) is 13.2 Å². The molecule has 1 aromatic carbocycles. The minimum Gasteiger partial charge on any atom is -0.336 e. The summed E-state index contributed by atoms with van der Waals surface area (Å²) in [5, 5.41) is 0. The van der Waals surface area contributed by atoms with Crippen LogP contribution < -0.4 is 0 Å². The van der Waals surface area contributed by atoms with Crippen molar-refractivity contribution in [3.63, 3.8) is 0 Å². The number of unbranched alkanes of at least 4 members (excludes halogenated alkanes) is 2. The Balaban J connectivity index is 1.81. The van der Waals surface area contributed by atoms with E-state index in [4.69, 9.17) is 4.55 Å². The summed E-state index contributed by atoms with van der Waals surface area (Å²) in [5.74, 6) is -0.871. The molecule has 1 aromatic rings. The Kier molecular flexibility index (Phi) is 7.24. The molecule has 0 spiro atoms. The molecule has 1 fully saturated rings. The van der Waals surface area contributed by atoms with Gasteiger partial charge >= 0.3 is 6.18 Å². The van der Waals surface area contributed by atoms with Gasteiger partial charge in [-0.3, -0.25) is 14.2 Å². The Morgan fingerprint density at radius 3 is 2.26 bits per heavy atom. The molecule has 1 saturated heterocycles. The van der Waals surface area contributed by atoms with Gasteiger partial charge in [-0.25, -0.2) is 0 Å². The van der Waals surface area contributed by atoms with Gasteiger partial charge in [-0.05, 0) is 31.5 Å². The van der Waals surface area contributed by atoms with Crippen molar-refractivity contribution >= 4 is 16.0 Å². The van der Waals surface area contributed by atoms with Crippen LogP contribution >= 0.6 is 0 Å². The van der Waals surface area contributed by atoms with Crippen LogP contribution in [0.2, 0.25) is 0 Å². The average Bonchev–Trinajstić information content (AvgIpc) is 2.60. The summed E-state index contributed by atoms with van der Waals surface area (Å²) in [6.07, 6.45) is -2.79. The van der Waals surface area contributed by atoms with Crippen LogP contribution in [0.15, 0.2) is 24.3 Å². The van der Waals surface area contributed by atoms with Crippen molar-refractivity contribution in [1.29, 1.82) is 0 Å². The fourth-order valence-corrected chi connectivity index (χ4v) is 3.63. The maximum absolute atomic E-state index is 13.1. The number of rotatable bonds is 7. The predicted molar refractivity (Wildman–Crippen MR) is 94.1 cm³/mol. The minimum atomic E-state index is -4.57. The van der Waals surface area contributed by atoms with Crippen molar-refractivity contribution < 1.29 is 30.9 Å². The number of benzene rings is 1. The number of halogens is 3. The molecule has 27 heavy (non-hydrogen) atoms. The van der Waals surface area contributed by atoms with Gasteiger partial charge in [0.1, 0.15) is 0 Å². The molecule has 1 N–H and O–H groups in total. The second-order valence-corrected chi connectivity index (χ2v) is 8.10. The monoisotopic (exact) mass is 408 g/mol. The van der Waals surface area contributed by atoms with Crippen LogP contribution in [0.5, 0.6) is 0 Å². The van der Waals surface area contributed by atoms with E-state index in [0.29, 0.717) is 45.6 Å². The Morgan fingerprint density at radius 2 is 1.67 bits per heavy atom. The van der Waals surface area contributed by atoms with Gasteiger partial charge in [-0.1, -0.05) is 18.6 Å². The third kappa shape index (κ3) is 6.78. The van der Waals surface area contributed by atoms with Crippen LogP contribution in [0.3, 0.4) is 0 Å². The van der Waals surface area contributed by atoms with E-state index in [1.165, 1.54) is 23.1 Å². The number of carbonyl (C=O) groups is 1. The predicted octanol–water partition coefficient (Wildman–Crippen LogP) is 2.52. The first-order valence-corrected chi connectivity index (χ1v) is 10.3. The maximum atomic E-state index is 13.1. The topological polar surface area (TPSA) is 77.9 Å². The molecular weight excluding hydrogens is 385 g/mol. The van der Waals surface area contributed by atoms with Gasteiger partial charge in [0.15, 0.2) is 0 Å². The van der Waals surface area contributed by atoms with Gasteiger partial charge in [0.05, 0.1) is 16.9 Å². The zero-order valence-corrected chi connectivity index (χ0v) is 15.6. The van der Waals surface area contributed by atoms with E-state index in [0.717, 1.165) is 12.5 Å². The molecular formula is C17H23F3N2O4S. The number of hydrogen-bond acceptors (Lipinski definition) is 4. The van der Waals surface area contributed by atoms with E-state index in [9.17, 15) is 26.4 Å². The number of nitrogens with zero attached hydrogens (tertiary/aromatic N) is 2.